The highest BCUT2D eigenvalue weighted by molar-refractivity contribution is 7.58. The van der Waals surface area contributed by atoms with Gasteiger partial charge in [-0.2, -0.15) is 0 Å². The number of amides is 1. The van der Waals surface area contributed by atoms with Gasteiger partial charge in [-0.1, -0.05) is 30.3 Å². The van der Waals surface area contributed by atoms with E-state index in [1.165, 1.54) is 0 Å². The lowest BCUT2D eigenvalue weighted by Gasteiger charge is -2.22. The van der Waals surface area contributed by atoms with Crippen LogP contribution in [0.3, 0.4) is 0 Å². The van der Waals surface area contributed by atoms with Crippen LogP contribution < -0.4 is 5.32 Å². The van der Waals surface area contributed by atoms with Gasteiger partial charge in [0, 0.05) is 6.16 Å². The molecule has 14 heteroatoms. The van der Waals surface area contributed by atoms with Crippen LogP contribution in [-0.2, 0) is 25.4 Å². The summed E-state index contributed by atoms with van der Waals surface area (Å²) in [5.41, 5.74) is -1.29. The van der Waals surface area contributed by atoms with E-state index in [0.29, 0.717) is 5.56 Å². The Morgan fingerprint density at radius 3 is 2.06 bits per heavy atom. The summed E-state index contributed by atoms with van der Waals surface area (Å²) in [6, 6.07) is 6.79. The summed E-state index contributed by atoms with van der Waals surface area (Å²) >= 11 is 0. The number of ether oxygens (including phenoxy) is 2. The second kappa shape index (κ2) is 11.4. The maximum atomic E-state index is 13.9. The Labute approximate surface area is 189 Å². The van der Waals surface area contributed by atoms with Gasteiger partial charge in [0.15, 0.2) is 29.1 Å². The molecule has 0 heterocycles. The molecule has 34 heavy (non-hydrogen) atoms. The molecule has 0 aromatic heterocycles. The second-order valence-corrected chi connectivity index (χ2v) is 9.35. The van der Waals surface area contributed by atoms with E-state index in [0.717, 1.165) is 7.11 Å². The number of alkyl carbamates (subject to hydrolysis) is 1. The normalized spacial score (nSPS) is 14.6. The van der Waals surface area contributed by atoms with E-state index in [1.807, 2.05) is 0 Å². The van der Waals surface area contributed by atoms with Crippen molar-refractivity contribution >= 4 is 19.4 Å². The zero-order chi connectivity index (χ0) is 25.6. The average Bonchev–Trinajstić information content (AvgIpc) is 2.82. The second-order valence-electron chi connectivity index (χ2n) is 6.91. The molecular formula is C20H19F5NO7P. The monoisotopic (exact) mass is 511 g/mol. The van der Waals surface area contributed by atoms with Crippen molar-refractivity contribution in [1.82, 2.24) is 5.32 Å². The van der Waals surface area contributed by atoms with Crippen molar-refractivity contribution in [2.75, 3.05) is 13.3 Å². The largest absolute Gasteiger partial charge is 0.467 e. The highest BCUT2D eigenvalue weighted by Crippen LogP contribution is 2.55. The SMILES string of the molecule is COC(=O)[C@H](CCP(=O)(O)C(O)c1c(F)c(F)c(F)c(F)c1F)NC(=O)OCc1ccccc1. The molecule has 3 N–H and O–H groups in total. The minimum atomic E-state index is -5.10. The van der Waals surface area contributed by atoms with Gasteiger partial charge in [-0.25, -0.2) is 31.5 Å². The zero-order valence-electron chi connectivity index (χ0n) is 17.4. The van der Waals surface area contributed by atoms with Crippen LogP contribution in [0.4, 0.5) is 26.7 Å². The zero-order valence-corrected chi connectivity index (χ0v) is 18.3. The topological polar surface area (TPSA) is 122 Å². The number of aliphatic hydroxyl groups is 1. The summed E-state index contributed by atoms with van der Waals surface area (Å²) < 4.78 is 89.6. The van der Waals surface area contributed by atoms with E-state index in [4.69, 9.17) is 4.74 Å². The fraction of sp³-hybridized carbons (Fsp3) is 0.300. The Hall–Kier alpha value is -3.02. The molecule has 0 aliphatic carbocycles. The first-order valence-corrected chi connectivity index (χ1v) is 11.4. The van der Waals surface area contributed by atoms with Gasteiger partial charge in [0.25, 0.3) is 0 Å². The van der Waals surface area contributed by atoms with Gasteiger partial charge >= 0.3 is 12.1 Å². The number of hydrogen-bond acceptors (Lipinski definition) is 6. The van der Waals surface area contributed by atoms with E-state index in [1.54, 1.807) is 30.3 Å². The molecule has 0 fully saturated rings. The summed E-state index contributed by atoms with van der Waals surface area (Å²) in [7, 11) is -4.17. The van der Waals surface area contributed by atoms with Gasteiger partial charge in [0.1, 0.15) is 12.6 Å². The van der Waals surface area contributed by atoms with E-state index in [2.05, 4.69) is 10.1 Å². The molecular weight excluding hydrogens is 492 g/mol. The van der Waals surface area contributed by atoms with E-state index in [-0.39, 0.29) is 6.61 Å². The first kappa shape index (κ1) is 27.2. The van der Waals surface area contributed by atoms with E-state index in [9.17, 15) is 46.1 Å². The molecule has 0 spiro atoms. The lowest BCUT2D eigenvalue weighted by atomic mass is 10.2. The molecule has 0 aliphatic rings. The molecule has 2 aromatic rings. The number of carbonyl (C=O) groups excluding carboxylic acids is 2. The fourth-order valence-corrected chi connectivity index (χ4v) is 4.29. The minimum Gasteiger partial charge on any atom is -0.467 e. The third-order valence-corrected chi connectivity index (χ3v) is 6.53. The van der Waals surface area contributed by atoms with E-state index >= 15 is 0 Å². The third kappa shape index (κ3) is 6.31. The highest BCUT2D eigenvalue weighted by atomic mass is 31.2. The van der Waals surface area contributed by atoms with Crippen LogP contribution in [-0.4, -0.2) is 41.4 Å². The van der Waals surface area contributed by atoms with Gasteiger partial charge in [0.2, 0.25) is 13.2 Å². The predicted molar refractivity (Wildman–Crippen MR) is 106 cm³/mol. The smallest absolute Gasteiger partial charge is 0.408 e. The first-order valence-electron chi connectivity index (χ1n) is 9.46. The number of methoxy groups -OCH3 is 1. The fourth-order valence-electron chi connectivity index (χ4n) is 2.78. The lowest BCUT2D eigenvalue weighted by molar-refractivity contribution is -0.143. The number of nitrogens with one attached hydrogen (secondary N) is 1. The Kier molecular flexibility index (Phi) is 9.14. The van der Waals surface area contributed by atoms with Crippen molar-refractivity contribution in [2.24, 2.45) is 0 Å². The number of hydrogen-bond donors (Lipinski definition) is 3. The molecule has 3 atom stereocenters. The maximum Gasteiger partial charge on any atom is 0.408 e. The molecule has 2 unspecified atom stereocenters. The Bertz CT molecular complexity index is 1070. The molecule has 0 aliphatic heterocycles. The summed E-state index contributed by atoms with van der Waals surface area (Å²) in [5, 5.41) is 12.0. The van der Waals surface area contributed by atoms with Gasteiger partial charge in [-0.3, -0.25) is 4.57 Å². The number of carbonyl (C=O) groups is 2. The van der Waals surface area contributed by atoms with Crippen LogP contribution in [0, 0.1) is 29.1 Å². The lowest BCUT2D eigenvalue weighted by Crippen LogP contribution is -2.42. The average molecular weight is 511 g/mol. The number of rotatable bonds is 9. The van der Waals surface area contributed by atoms with Crippen molar-refractivity contribution in [3.05, 3.63) is 70.5 Å². The molecule has 0 saturated carbocycles. The van der Waals surface area contributed by atoms with Gasteiger partial charge in [-0.05, 0) is 12.0 Å². The van der Waals surface area contributed by atoms with Crippen LogP contribution in [0.1, 0.15) is 23.4 Å². The van der Waals surface area contributed by atoms with Crippen molar-refractivity contribution in [1.29, 1.82) is 0 Å². The van der Waals surface area contributed by atoms with Crippen molar-refractivity contribution < 1.29 is 55.6 Å². The minimum absolute atomic E-state index is 0.183. The molecule has 0 saturated heterocycles. The van der Waals surface area contributed by atoms with Crippen LogP contribution in [0.5, 0.6) is 0 Å². The molecule has 0 radical (unpaired) electrons. The quantitative estimate of drug-likeness (QED) is 0.155. The summed E-state index contributed by atoms with van der Waals surface area (Å²) in [6.07, 6.45) is -2.91. The molecule has 2 aromatic carbocycles. The van der Waals surface area contributed by atoms with Crippen molar-refractivity contribution in [3.8, 4) is 0 Å². The van der Waals surface area contributed by atoms with E-state index < -0.39 is 78.6 Å². The standard InChI is InChI=1S/C20H19F5NO7P/c1-32-18(27)11(26-20(29)33-9-10-5-3-2-4-6-10)7-8-34(30,31)19(28)12-13(21)15(23)17(25)16(24)14(12)22/h2-6,11,19,28H,7-9H2,1H3,(H,26,29)(H,30,31)/t11-,19?/m0/s1. The van der Waals surface area contributed by atoms with Crippen LogP contribution in [0.2, 0.25) is 0 Å². The molecule has 1 amide bonds. The van der Waals surface area contributed by atoms with Crippen LogP contribution in [0.15, 0.2) is 30.3 Å². The predicted octanol–water partition coefficient (Wildman–Crippen LogP) is 3.50. The summed E-state index contributed by atoms with van der Waals surface area (Å²) in [5.74, 6) is -16.4. The molecule has 2 rings (SSSR count). The van der Waals surface area contributed by atoms with Gasteiger partial charge in [0.05, 0.1) is 12.7 Å². The Balaban J connectivity index is 2.13. The molecule has 8 nitrogen and oxygen atoms in total. The van der Waals surface area contributed by atoms with Crippen LogP contribution >= 0.6 is 7.37 Å². The maximum absolute atomic E-state index is 13.9. The van der Waals surface area contributed by atoms with Gasteiger partial charge in [-0.15, -0.1) is 0 Å². The summed E-state index contributed by atoms with van der Waals surface area (Å²) in [6.45, 7) is -0.183. The molecule has 0 bridgehead atoms. The Morgan fingerprint density at radius 2 is 1.53 bits per heavy atom. The van der Waals surface area contributed by atoms with Crippen LogP contribution in [0.25, 0.3) is 0 Å². The van der Waals surface area contributed by atoms with Gasteiger partial charge < -0.3 is 24.8 Å². The number of benzene rings is 2. The number of esters is 1. The summed E-state index contributed by atoms with van der Waals surface area (Å²) in [4.78, 5) is 34.0. The number of aliphatic hydroxyl groups excluding tert-OH is 1. The van der Waals surface area contributed by atoms with Crippen molar-refractivity contribution in [3.63, 3.8) is 0 Å². The number of halogens is 5. The van der Waals surface area contributed by atoms with Crippen molar-refractivity contribution in [2.45, 2.75) is 24.9 Å². The Morgan fingerprint density at radius 1 is 1.00 bits per heavy atom. The third-order valence-electron chi connectivity index (χ3n) is 4.61. The molecule has 186 valence electrons. The highest BCUT2D eigenvalue weighted by Gasteiger charge is 2.39. The first-order chi connectivity index (χ1) is 15.9.